The molecule has 1 fully saturated rings. The molecule has 218 valence electrons. The van der Waals surface area contributed by atoms with Crippen LogP contribution in [0.4, 0.5) is 8.78 Å². The van der Waals surface area contributed by atoms with Gasteiger partial charge in [-0.25, -0.2) is 4.39 Å². The zero-order valence-electron chi connectivity index (χ0n) is 23.8. The average molecular weight is 590 g/mol. The fourth-order valence-electron chi connectivity index (χ4n) is 5.18. The van der Waals surface area contributed by atoms with Gasteiger partial charge in [0.15, 0.2) is 0 Å². The summed E-state index contributed by atoms with van der Waals surface area (Å²) in [6.07, 6.45) is 9.17. The highest BCUT2D eigenvalue weighted by molar-refractivity contribution is 6.32. The van der Waals surface area contributed by atoms with Crippen molar-refractivity contribution in [1.29, 1.82) is 0 Å². The zero-order chi connectivity index (χ0) is 29.6. The molecule has 3 aromatic carbocycles. The van der Waals surface area contributed by atoms with E-state index in [0.29, 0.717) is 22.5 Å². The molecule has 0 bridgehead atoms. The monoisotopic (exact) mass is 589 g/mol. The first-order chi connectivity index (χ1) is 20.3. The Morgan fingerprint density at radius 3 is 2.50 bits per heavy atom. The SMILES string of the molecule is CN(C)C(=O)/C=C/CCCCOc1ccc(/C(=C(\c2ccc(F)cc2Cl)C2CCC2)c2ccc3n[nH]c(F)c3c2)cc1. The van der Waals surface area contributed by atoms with Crippen LogP contribution in [0.1, 0.15) is 55.2 Å². The molecule has 1 amide bonds. The third kappa shape index (κ3) is 6.73. The predicted octanol–water partition coefficient (Wildman–Crippen LogP) is 8.45. The maximum Gasteiger partial charge on any atom is 0.245 e. The number of fused-ring (bicyclic) bond motifs is 1. The highest BCUT2D eigenvalue weighted by Crippen LogP contribution is 2.47. The molecule has 1 aliphatic rings. The molecule has 8 heteroatoms. The van der Waals surface area contributed by atoms with Crippen molar-refractivity contribution in [3.05, 3.63) is 106 Å². The number of hydrogen-bond acceptors (Lipinski definition) is 3. The maximum atomic E-state index is 14.6. The summed E-state index contributed by atoms with van der Waals surface area (Å²) in [5, 5.41) is 7.23. The average Bonchev–Trinajstić information content (AvgIpc) is 3.32. The Labute approximate surface area is 249 Å². The van der Waals surface area contributed by atoms with E-state index in [-0.39, 0.29) is 17.6 Å². The Kier molecular flexibility index (Phi) is 9.38. The number of allylic oxidation sites excluding steroid dienone is 2. The first kappa shape index (κ1) is 29.5. The number of unbranched alkanes of at least 4 members (excludes halogenated alkanes) is 2. The molecule has 5 rings (SSSR count). The van der Waals surface area contributed by atoms with Gasteiger partial charge in [0.1, 0.15) is 11.6 Å². The second kappa shape index (κ2) is 13.3. The van der Waals surface area contributed by atoms with E-state index in [1.807, 2.05) is 42.5 Å². The summed E-state index contributed by atoms with van der Waals surface area (Å²) in [7, 11) is 3.46. The van der Waals surface area contributed by atoms with Gasteiger partial charge in [-0.05, 0) is 108 Å². The lowest BCUT2D eigenvalue weighted by atomic mass is 9.73. The van der Waals surface area contributed by atoms with E-state index in [9.17, 15) is 13.6 Å². The minimum Gasteiger partial charge on any atom is -0.494 e. The van der Waals surface area contributed by atoms with Crippen molar-refractivity contribution in [2.75, 3.05) is 20.7 Å². The van der Waals surface area contributed by atoms with Crippen molar-refractivity contribution in [3.63, 3.8) is 0 Å². The van der Waals surface area contributed by atoms with Gasteiger partial charge >= 0.3 is 0 Å². The minimum absolute atomic E-state index is 0.0169. The van der Waals surface area contributed by atoms with Gasteiger partial charge in [-0.2, -0.15) is 9.49 Å². The van der Waals surface area contributed by atoms with Crippen molar-refractivity contribution < 1.29 is 18.3 Å². The molecular formula is C34H34ClF2N3O2. The second-order valence-electron chi connectivity index (χ2n) is 10.8. The van der Waals surface area contributed by atoms with Crippen LogP contribution in [0.2, 0.25) is 5.02 Å². The van der Waals surface area contributed by atoms with Crippen LogP contribution in [-0.4, -0.2) is 41.7 Å². The number of hydrogen-bond donors (Lipinski definition) is 1. The van der Waals surface area contributed by atoms with E-state index in [1.165, 1.54) is 12.1 Å². The van der Waals surface area contributed by atoms with E-state index < -0.39 is 5.95 Å². The summed E-state index contributed by atoms with van der Waals surface area (Å²) in [5.74, 6) is 0.0971. The Hall–Kier alpha value is -3.97. The van der Waals surface area contributed by atoms with Gasteiger partial charge in [0.2, 0.25) is 11.9 Å². The molecule has 1 aliphatic carbocycles. The number of nitrogens with one attached hydrogen (secondary N) is 1. The lowest BCUT2D eigenvalue weighted by Gasteiger charge is -2.32. The van der Waals surface area contributed by atoms with E-state index in [2.05, 4.69) is 10.2 Å². The van der Waals surface area contributed by atoms with Crippen molar-refractivity contribution in [2.24, 2.45) is 5.92 Å². The molecule has 0 radical (unpaired) electrons. The topological polar surface area (TPSA) is 58.2 Å². The van der Waals surface area contributed by atoms with Gasteiger partial charge in [-0.3, -0.25) is 9.89 Å². The van der Waals surface area contributed by atoms with Crippen molar-refractivity contribution in [1.82, 2.24) is 15.1 Å². The van der Waals surface area contributed by atoms with Crippen LogP contribution >= 0.6 is 11.6 Å². The number of nitrogens with zero attached hydrogens (tertiary/aromatic N) is 2. The van der Waals surface area contributed by atoms with Crippen molar-refractivity contribution in [2.45, 2.75) is 38.5 Å². The summed E-state index contributed by atoms with van der Waals surface area (Å²) in [6, 6.07) is 18.0. The number of carbonyl (C=O) groups excluding carboxylic acids is 1. The van der Waals surface area contributed by atoms with Crippen LogP contribution in [0.25, 0.3) is 22.0 Å². The van der Waals surface area contributed by atoms with Gasteiger partial charge in [0.25, 0.3) is 0 Å². The summed E-state index contributed by atoms with van der Waals surface area (Å²) >= 11 is 6.64. The van der Waals surface area contributed by atoms with Crippen LogP contribution < -0.4 is 4.74 Å². The molecule has 1 N–H and O–H groups in total. The Bertz CT molecular complexity index is 1620. The fourth-order valence-corrected chi connectivity index (χ4v) is 5.45. The van der Waals surface area contributed by atoms with Crippen molar-refractivity contribution >= 4 is 39.6 Å². The summed E-state index contributed by atoms with van der Waals surface area (Å²) in [6.45, 7) is 0.562. The molecule has 0 unspecified atom stereocenters. The van der Waals surface area contributed by atoms with Gasteiger partial charge in [0, 0.05) is 14.1 Å². The molecule has 0 spiro atoms. The Morgan fingerprint density at radius 1 is 1.05 bits per heavy atom. The summed E-state index contributed by atoms with van der Waals surface area (Å²) in [5.41, 5.74) is 5.06. The number of aromatic nitrogens is 2. The van der Waals surface area contributed by atoms with E-state index >= 15 is 0 Å². The third-order valence-corrected chi connectivity index (χ3v) is 7.99. The molecule has 5 nitrogen and oxygen atoms in total. The number of carbonyl (C=O) groups is 1. The van der Waals surface area contributed by atoms with Crippen LogP contribution in [0.5, 0.6) is 5.75 Å². The highest BCUT2D eigenvalue weighted by atomic mass is 35.5. The third-order valence-electron chi connectivity index (χ3n) is 7.68. The molecule has 42 heavy (non-hydrogen) atoms. The Balaban J connectivity index is 1.43. The van der Waals surface area contributed by atoms with E-state index in [1.54, 1.807) is 37.2 Å². The molecule has 0 saturated heterocycles. The minimum atomic E-state index is -0.486. The fraction of sp³-hybridized carbons (Fsp3) is 0.294. The molecular weight excluding hydrogens is 556 g/mol. The molecule has 1 heterocycles. The molecule has 1 saturated carbocycles. The number of H-pyrrole nitrogens is 1. The standard InChI is InChI=1S/C34H34ClF2N3O2/c1-40(2)31(41)10-5-3-4-6-19-42-26-15-11-23(12-16-26)32(24-13-18-30-28(20-24)34(37)39-38-30)33(22-8-7-9-22)27-17-14-25(36)21-29(27)35/h5,10-18,20-22H,3-4,6-9,19H2,1-2H3,(H,38,39)/b10-5+,33-32+. The van der Waals surface area contributed by atoms with Gasteiger partial charge in [-0.15, -0.1) is 0 Å². The number of rotatable bonds is 11. The van der Waals surface area contributed by atoms with Crippen molar-refractivity contribution in [3.8, 4) is 5.75 Å². The van der Waals surface area contributed by atoms with Crippen LogP contribution in [0, 0.1) is 17.7 Å². The molecule has 4 aromatic rings. The first-order valence-corrected chi connectivity index (χ1v) is 14.6. The number of amides is 1. The number of likely N-dealkylation sites (N-methyl/N-ethyl adjacent to an activating group) is 1. The van der Waals surface area contributed by atoms with Gasteiger partial charge in [-0.1, -0.05) is 48.4 Å². The van der Waals surface area contributed by atoms with Crippen LogP contribution in [-0.2, 0) is 4.79 Å². The maximum absolute atomic E-state index is 14.6. The normalized spacial score (nSPS) is 14.2. The molecule has 1 aromatic heterocycles. The number of halogens is 3. The van der Waals surface area contributed by atoms with Crippen LogP contribution in [0.3, 0.4) is 0 Å². The largest absolute Gasteiger partial charge is 0.494 e. The smallest absolute Gasteiger partial charge is 0.245 e. The number of benzene rings is 3. The molecule has 0 atom stereocenters. The van der Waals surface area contributed by atoms with E-state index in [0.717, 1.165) is 72.1 Å². The Morgan fingerprint density at radius 2 is 1.81 bits per heavy atom. The summed E-state index contributed by atoms with van der Waals surface area (Å²) < 4.78 is 34.6. The summed E-state index contributed by atoms with van der Waals surface area (Å²) in [4.78, 5) is 13.2. The highest BCUT2D eigenvalue weighted by Gasteiger charge is 2.29. The van der Waals surface area contributed by atoms with E-state index in [4.69, 9.17) is 16.3 Å². The lowest BCUT2D eigenvalue weighted by Crippen LogP contribution is -2.18. The quantitative estimate of drug-likeness (QED) is 0.108. The van der Waals surface area contributed by atoms with Gasteiger partial charge in [0.05, 0.1) is 22.5 Å². The van der Waals surface area contributed by atoms with Crippen LogP contribution in [0.15, 0.2) is 72.8 Å². The lowest BCUT2D eigenvalue weighted by molar-refractivity contribution is -0.123. The number of aromatic amines is 1. The first-order valence-electron chi connectivity index (χ1n) is 14.3. The zero-order valence-corrected chi connectivity index (χ0v) is 24.6. The molecule has 0 aliphatic heterocycles. The predicted molar refractivity (Wildman–Crippen MR) is 164 cm³/mol. The van der Waals surface area contributed by atoms with Gasteiger partial charge < -0.3 is 9.64 Å². The second-order valence-corrected chi connectivity index (χ2v) is 11.2. The number of ether oxygens (including phenoxy) is 1.